The van der Waals surface area contributed by atoms with E-state index in [9.17, 15) is 19.7 Å². The van der Waals surface area contributed by atoms with Crippen molar-refractivity contribution in [2.45, 2.75) is 13.5 Å². The van der Waals surface area contributed by atoms with Crippen molar-refractivity contribution in [3.63, 3.8) is 0 Å². The van der Waals surface area contributed by atoms with Gasteiger partial charge in [0.15, 0.2) is 0 Å². The van der Waals surface area contributed by atoms with Gasteiger partial charge in [-0.1, -0.05) is 6.07 Å². The third kappa shape index (κ3) is 3.54. The highest BCUT2D eigenvalue weighted by atomic mass is 16.6. The fourth-order valence-electron chi connectivity index (χ4n) is 1.87. The first-order valence-electron chi connectivity index (χ1n) is 6.53. The van der Waals surface area contributed by atoms with Crippen LogP contribution in [0.5, 0.6) is 0 Å². The summed E-state index contributed by atoms with van der Waals surface area (Å²) in [6.07, 6.45) is 2.87. The van der Waals surface area contributed by atoms with Crippen molar-refractivity contribution in [3.8, 4) is 0 Å². The van der Waals surface area contributed by atoms with Crippen molar-refractivity contribution in [3.05, 3.63) is 68.4 Å². The molecule has 0 aliphatic rings. The van der Waals surface area contributed by atoms with Gasteiger partial charge >= 0.3 is 0 Å². The number of benzene rings is 1. The number of hydrogen-bond donors (Lipinski definition) is 1. The molecule has 0 bridgehead atoms. The second kappa shape index (κ2) is 6.61. The van der Waals surface area contributed by atoms with Crippen LogP contribution < -0.4 is 10.9 Å². The van der Waals surface area contributed by atoms with Crippen LogP contribution in [0, 0.1) is 17.0 Å². The predicted octanol–water partition coefficient (Wildman–Crippen LogP) is 0.890. The van der Waals surface area contributed by atoms with Crippen molar-refractivity contribution in [1.29, 1.82) is 0 Å². The number of carbonyl (C=O) groups excluding carboxylic acids is 1. The Balaban J connectivity index is 1.98. The SMILES string of the molecule is Cc1cncn(CCNC(=O)c2cccc([N+](=O)[O-])c2)c1=O. The number of rotatable bonds is 5. The second-order valence-corrected chi connectivity index (χ2v) is 4.64. The third-order valence-electron chi connectivity index (χ3n) is 3.03. The molecule has 2 aromatic rings. The molecule has 114 valence electrons. The predicted molar refractivity (Wildman–Crippen MR) is 78.7 cm³/mol. The lowest BCUT2D eigenvalue weighted by Gasteiger charge is -2.07. The van der Waals surface area contributed by atoms with Gasteiger partial charge in [0.05, 0.1) is 11.3 Å². The van der Waals surface area contributed by atoms with Crippen LogP contribution >= 0.6 is 0 Å². The average Bonchev–Trinajstić information content (AvgIpc) is 2.51. The van der Waals surface area contributed by atoms with Crippen LogP contribution in [0.2, 0.25) is 0 Å². The molecule has 1 aromatic carbocycles. The molecular weight excluding hydrogens is 288 g/mol. The molecule has 1 heterocycles. The maximum absolute atomic E-state index is 11.9. The zero-order valence-electron chi connectivity index (χ0n) is 11.9. The fourth-order valence-corrected chi connectivity index (χ4v) is 1.87. The number of aryl methyl sites for hydroxylation is 1. The van der Waals surface area contributed by atoms with E-state index in [1.165, 1.54) is 41.4 Å². The Labute approximate surface area is 125 Å². The van der Waals surface area contributed by atoms with Crippen molar-refractivity contribution in [2.75, 3.05) is 6.54 Å². The van der Waals surface area contributed by atoms with Crippen LogP contribution in [0.25, 0.3) is 0 Å². The van der Waals surface area contributed by atoms with Crippen LogP contribution in [0.15, 0.2) is 41.6 Å². The quantitative estimate of drug-likeness (QED) is 0.652. The molecule has 0 atom stereocenters. The molecule has 0 radical (unpaired) electrons. The third-order valence-corrected chi connectivity index (χ3v) is 3.03. The number of hydrogen-bond acceptors (Lipinski definition) is 5. The zero-order chi connectivity index (χ0) is 16.1. The molecule has 0 fully saturated rings. The van der Waals surface area contributed by atoms with E-state index in [0.717, 1.165) is 0 Å². The molecule has 0 aliphatic carbocycles. The molecule has 0 unspecified atom stereocenters. The number of nitrogens with one attached hydrogen (secondary N) is 1. The van der Waals surface area contributed by atoms with E-state index >= 15 is 0 Å². The molecule has 8 heteroatoms. The van der Waals surface area contributed by atoms with Gasteiger partial charge in [-0.15, -0.1) is 0 Å². The Morgan fingerprint density at radius 2 is 2.23 bits per heavy atom. The van der Waals surface area contributed by atoms with Gasteiger partial charge < -0.3 is 5.32 Å². The minimum Gasteiger partial charge on any atom is -0.350 e. The fraction of sp³-hybridized carbons (Fsp3) is 0.214. The first-order chi connectivity index (χ1) is 10.5. The monoisotopic (exact) mass is 302 g/mol. The summed E-state index contributed by atoms with van der Waals surface area (Å²) in [6, 6.07) is 5.45. The van der Waals surface area contributed by atoms with E-state index in [0.29, 0.717) is 5.56 Å². The maximum Gasteiger partial charge on any atom is 0.270 e. The topological polar surface area (TPSA) is 107 Å². The number of carbonyl (C=O) groups is 1. The number of nitro groups is 1. The largest absolute Gasteiger partial charge is 0.350 e. The lowest BCUT2D eigenvalue weighted by atomic mass is 10.2. The zero-order valence-corrected chi connectivity index (χ0v) is 11.9. The molecule has 1 N–H and O–H groups in total. The van der Waals surface area contributed by atoms with E-state index in [-0.39, 0.29) is 29.9 Å². The summed E-state index contributed by atoms with van der Waals surface area (Å²) in [4.78, 5) is 37.7. The smallest absolute Gasteiger partial charge is 0.270 e. The molecule has 0 saturated heterocycles. The van der Waals surface area contributed by atoms with Gasteiger partial charge in [-0.3, -0.25) is 24.3 Å². The van der Waals surface area contributed by atoms with Gasteiger partial charge in [0.2, 0.25) is 0 Å². The summed E-state index contributed by atoms with van der Waals surface area (Å²) in [5.74, 6) is -0.433. The van der Waals surface area contributed by atoms with Gasteiger partial charge in [-0.05, 0) is 13.0 Å². The van der Waals surface area contributed by atoms with Crippen molar-refractivity contribution in [1.82, 2.24) is 14.9 Å². The van der Waals surface area contributed by atoms with Gasteiger partial charge in [-0.25, -0.2) is 4.98 Å². The van der Waals surface area contributed by atoms with Crippen molar-refractivity contribution in [2.24, 2.45) is 0 Å². The highest BCUT2D eigenvalue weighted by Crippen LogP contribution is 2.12. The number of non-ortho nitro benzene ring substituents is 1. The Hall–Kier alpha value is -3.03. The standard InChI is InChI=1S/C14H14N4O4/c1-10-8-15-9-17(14(10)20)6-5-16-13(19)11-3-2-4-12(7-11)18(21)22/h2-4,7-9H,5-6H2,1H3,(H,16,19). The first-order valence-corrected chi connectivity index (χ1v) is 6.53. The molecule has 0 saturated carbocycles. The molecule has 0 aliphatic heterocycles. The summed E-state index contributed by atoms with van der Waals surface area (Å²) in [5.41, 5.74) is 0.405. The van der Waals surface area contributed by atoms with E-state index < -0.39 is 10.8 Å². The highest BCUT2D eigenvalue weighted by molar-refractivity contribution is 5.94. The van der Waals surface area contributed by atoms with Crippen LogP contribution in [-0.2, 0) is 6.54 Å². The highest BCUT2D eigenvalue weighted by Gasteiger charge is 2.11. The first kappa shape index (κ1) is 15.4. The summed E-state index contributed by atoms with van der Waals surface area (Å²) >= 11 is 0. The van der Waals surface area contributed by atoms with E-state index in [1.807, 2.05) is 0 Å². The molecule has 0 spiro atoms. The number of amides is 1. The lowest BCUT2D eigenvalue weighted by molar-refractivity contribution is -0.384. The Morgan fingerprint density at radius 3 is 2.95 bits per heavy atom. The summed E-state index contributed by atoms with van der Waals surface area (Å²) < 4.78 is 1.39. The van der Waals surface area contributed by atoms with Gasteiger partial charge in [0, 0.05) is 42.5 Å². The normalized spacial score (nSPS) is 10.2. The van der Waals surface area contributed by atoms with Crippen molar-refractivity contribution >= 4 is 11.6 Å². The van der Waals surface area contributed by atoms with Crippen molar-refractivity contribution < 1.29 is 9.72 Å². The minimum absolute atomic E-state index is 0.147. The van der Waals surface area contributed by atoms with E-state index in [1.54, 1.807) is 6.92 Å². The van der Waals surface area contributed by atoms with Crippen LogP contribution in [0.4, 0.5) is 5.69 Å². The number of aromatic nitrogens is 2. The summed E-state index contributed by atoms with van der Waals surface area (Å²) in [6.45, 7) is 2.15. The Morgan fingerprint density at radius 1 is 1.45 bits per heavy atom. The molecule has 1 amide bonds. The van der Waals surface area contributed by atoms with Crippen LogP contribution in [0.1, 0.15) is 15.9 Å². The summed E-state index contributed by atoms with van der Waals surface area (Å²) in [5, 5.41) is 13.3. The van der Waals surface area contributed by atoms with Crippen LogP contribution in [-0.4, -0.2) is 26.9 Å². The maximum atomic E-state index is 11.9. The summed E-state index contributed by atoms with van der Waals surface area (Å²) in [7, 11) is 0. The molecule has 22 heavy (non-hydrogen) atoms. The lowest BCUT2D eigenvalue weighted by Crippen LogP contribution is -2.31. The van der Waals surface area contributed by atoms with E-state index in [2.05, 4.69) is 10.3 Å². The van der Waals surface area contributed by atoms with Gasteiger partial charge in [0.25, 0.3) is 17.2 Å². The van der Waals surface area contributed by atoms with Gasteiger partial charge in [-0.2, -0.15) is 0 Å². The van der Waals surface area contributed by atoms with E-state index in [4.69, 9.17) is 0 Å². The number of nitrogens with zero attached hydrogens (tertiary/aromatic N) is 3. The molecule has 2 rings (SSSR count). The second-order valence-electron chi connectivity index (χ2n) is 4.64. The molecule has 8 nitrogen and oxygen atoms in total. The van der Waals surface area contributed by atoms with Gasteiger partial charge in [0.1, 0.15) is 0 Å². The molecule has 1 aromatic heterocycles. The Kier molecular flexibility index (Phi) is 4.62. The average molecular weight is 302 g/mol. The van der Waals surface area contributed by atoms with Crippen LogP contribution in [0.3, 0.4) is 0 Å². The minimum atomic E-state index is -0.561. The molecular formula is C14H14N4O4. The Bertz CT molecular complexity index is 769. The number of nitro benzene ring substituents is 1.